The van der Waals surface area contributed by atoms with Crippen LogP contribution in [0.25, 0.3) is 0 Å². The average Bonchev–Trinajstić information content (AvgIpc) is 2.86. The molecule has 1 saturated heterocycles. The maximum atomic E-state index is 13.0. The molecule has 1 aliphatic heterocycles. The molecular weight excluding hydrogens is 326 g/mol. The Labute approximate surface area is 153 Å². The Hall–Kier alpha value is -3.13. The van der Waals surface area contributed by atoms with E-state index >= 15 is 0 Å². The topological polar surface area (TPSA) is 73.2 Å². The molecule has 3 rings (SSSR count). The van der Waals surface area contributed by atoms with E-state index < -0.39 is 11.6 Å². The summed E-state index contributed by atoms with van der Waals surface area (Å²) >= 11 is 0. The van der Waals surface area contributed by atoms with Gasteiger partial charge in [0.25, 0.3) is 5.91 Å². The third-order valence-electron chi connectivity index (χ3n) is 4.90. The smallest absolute Gasteiger partial charge is 0.319 e. The van der Waals surface area contributed by atoms with Crippen LogP contribution in [0.4, 0.5) is 4.79 Å². The van der Waals surface area contributed by atoms with Crippen molar-refractivity contribution in [2.45, 2.75) is 38.8 Å². The molecule has 132 valence electrons. The predicted molar refractivity (Wildman–Crippen MR) is 98.1 cm³/mol. The zero-order valence-electron chi connectivity index (χ0n) is 15.1. The van der Waals surface area contributed by atoms with Gasteiger partial charge < -0.3 is 5.32 Å². The van der Waals surface area contributed by atoms with Gasteiger partial charge in [-0.1, -0.05) is 56.3 Å². The number of urea groups is 1. The number of nitrogens with one attached hydrogen (secondary N) is 1. The highest BCUT2D eigenvalue weighted by molar-refractivity contribution is 6.07. The maximum Gasteiger partial charge on any atom is 0.325 e. The van der Waals surface area contributed by atoms with Gasteiger partial charge in [0.05, 0.1) is 18.2 Å². The molecule has 0 saturated carbocycles. The van der Waals surface area contributed by atoms with E-state index in [4.69, 9.17) is 0 Å². The lowest BCUT2D eigenvalue weighted by atomic mass is 9.90. The normalized spacial score (nSPS) is 19.6. The van der Waals surface area contributed by atoms with Crippen molar-refractivity contribution in [3.63, 3.8) is 0 Å². The first-order chi connectivity index (χ1) is 12.4. The highest BCUT2D eigenvalue weighted by Gasteiger charge is 2.48. The Kier molecular flexibility index (Phi) is 4.52. The van der Waals surface area contributed by atoms with Gasteiger partial charge in [0.1, 0.15) is 5.54 Å². The number of imide groups is 1. The summed E-state index contributed by atoms with van der Waals surface area (Å²) in [6.07, 6.45) is 0. The fourth-order valence-corrected chi connectivity index (χ4v) is 3.18. The number of nitriles is 1. The van der Waals surface area contributed by atoms with Crippen molar-refractivity contribution >= 4 is 11.9 Å². The van der Waals surface area contributed by atoms with Crippen molar-refractivity contribution in [2.75, 3.05) is 0 Å². The number of carbonyl (C=O) groups is 2. The molecule has 3 amide bonds. The second kappa shape index (κ2) is 6.64. The van der Waals surface area contributed by atoms with Gasteiger partial charge in [-0.3, -0.25) is 9.69 Å². The van der Waals surface area contributed by atoms with Crippen molar-refractivity contribution in [2.24, 2.45) is 0 Å². The van der Waals surface area contributed by atoms with Crippen LogP contribution in [0.1, 0.15) is 48.9 Å². The van der Waals surface area contributed by atoms with E-state index in [0.717, 1.165) is 5.56 Å². The molecule has 1 N–H and O–H groups in total. The maximum absolute atomic E-state index is 13.0. The highest BCUT2D eigenvalue weighted by Crippen LogP contribution is 2.31. The first-order valence-corrected chi connectivity index (χ1v) is 8.59. The van der Waals surface area contributed by atoms with Gasteiger partial charge in [-0.15, -0.1) is 0 Å². The van der Waals surface area contributed by atoms with Crippen LogP contribution in [0.2, 0.25) is 0 Å². The quantitative estimate of drug-likeness (QED) is 0.858. The van der Waals surface area contributed by atoms with Crippen molar-refractivity contribution < 1.29 is 9.59 Å². The van der Waals surface area contributed by atoms with E-state index in [1.165, 1.54) is 10.5 Å². The Morgan fingerprint density at radius 2 is 1.77 bits per heavy atom. The molecule has 1 fully saturated rings. The SMILES string of the molecule is CC(C)c1ccc([C@@]2(C)NC(=O)N(Cc3ccccc3C#N)C2=O)cc1. The minimum Gasteiger partial charge on any atom is -0.319 e. The third-order valence-corrected chi connectivity index (χ3v) is 4.90. The first-order valence-electron chi connectivity index (χ1n) is 8.59. The van der Waals surface area contributed by atoms with Crippen LogP contribution in [-0.4, -0.2) is 16.8 Å². The Bertz CT molecular complexity index is 896. The van der Waals surface area contributed by atoms with E-state index in [1.807, 2.05) is 24.3 Å². The third kappa shape index (κ3) is 2.95. The number of hydrogen-bond acceptors (Lipinski definition) is 3. The zero-order chi connectivity index (χ0) is 18.9. The number of amides is 3. The molecule has 0 bridgehead atoms. The van der Waals surface area contributed by atoms with Gasteiger partial charge in [-0.05, 0) is 35.6 Å². The molecule has 2 aromatic carbocycles. The lowest BCUT2D eigenvalue weighted by Gasteiger charge is -2.23. The second-order valence-electron chi connectivity index (χ2n) is 6.99. The lowest BCUT2D eigenvalue weighted by Crippen LogP contribution is -2.40. The fourth-order valence-electron chi connectivity index (χ4n) is 3.18. The summed E-state index contributed by atoms with van der Waals surface area (Å²) in [6, 6.07) is 16.4. The van der Waals surface area contributed by atoms with E-state index in [-0.39, 0.29) is 12.5 Å². The minimum atomic E-state index is -1.10. The van der Waals surface area contributed by atoms with E-state index in [0.29, 0.717) is 17.0 Å². The van der Waals surface area contributed by atoms with Crippen LogP contribution in [0.5, 0.6) is 0 Å². The van der Waals surface area contributed by atoms with Crippen LogP contribution in [-0.2, 0) is 16.9 Å². The van der Waals surface area contributed by atoms with Crippen LogP contribution < -0.4 is 5.32 Å². The summed E-state index contributed by atoms with van der Waals surface area (Å²) in [4.78, 5) is 26.7. The van der Waals surface area contributed by atoms with Gasteiger partial charge in [-0.25, -0.2) is 4.79 Å². The average molecular weight is 347 g/mol. The number of nitrogens with zero attached hydrogens (tertiary/aromatic N) is 2. The zero-order valence-corrected chi connectivity index (χ0v) is 15.1. The Morgan fingerprint density at radius 3 is 2.38 bits per heavy atom. The lowest BCUT2D eigenvalue weighted by molar-refractivity contribution is -0.131. The van der Waals surface area contributed by atoms with Gasteiger partial charge in [0, 0.05) is 0 Å². The van der Waals surface area contributed by atoms with Crippen LogP contribution >= 0.6 is 0 Å². The fraction of sp³-hybridized carbons (Fsp3) is 0.286. The second-order valence-corrected chi connectivity index (χ2v) is 6.99. The molecule has 0 spiro atoms. The number of rotatable bonds is 4. The molecular formula is C21H21N3O2. The molecule has 5 heteroatoms. The molecule has 2 aromatic rings. The van der Waals surface area contributed by atoms with E-state index in [1.54, 1.807) is 31.2 Å². The molecule has 5 nitrogen and oxygen atoms in total. The van der Waals surface area contributed by atoms with Crippen molar-refractivity contribution in [1.82, 2.24) is 10.2 Å². The monoisotopic (exact) mass is 347 g/mol. The van der Waals surface area contributed by atoms with E-state index in [9.17, 15) is 14.9 Å². The number of carbonyl (C=O) groups excluding carboxylic acids is 2. The van der Waals surface area contributed by atoms with Crippen molar-refractivity contribution in [3.05, 3.63) is 70.8 Å². The molecule has 26 heavy (non-hydrogen) atoms. The van der Waals surface area contributed by atoms with Gasteiger partial charge in [-0.2, -0.15) is 5.26 Å². The largest absolute Gasteiger partial charge is 0.325 e. The van der Waals surface area contributed by atoms with Gasteiger partial charge >= 0.3 is 6.03 Å². The van der Waals surface area contributed by atoms with Gasteiger partial charge in [0.2, 0.25) is 0 Å². The molecule has 1 heterocycles. The summed E-state index contributed by atoms with van der Waals surface area (Å²) in [5.41, 5.74) is 1.93. The molecule has 0 unspecified atom stereocenters. The molecule has 0 aromatic heterocycles. The summed E-state index contributed by atoms with van der Waals surface area (Å²) in [6.45, 7) is 6.00. The van der Waals surface area contributed by atoms with Crippen molar-refractivity contribution in [1.29, 1.82) is 5.26 Å². The van der Waals surface area contributed by atoms with Gasteiger partial charge in [0.15, 0.2) is 0 Å². The molecule has 0 aliphatic carbocycles. The molecule has 0 radical (unpaired) electrons. The summed E-state index contributed by atoms with van der Waals surface area (Å²) in [5, 5.41) is 12.0. The first kappa shape index (κ1) is 17.7. The number of benzene rings is 2. The predicted octanol–water partition coefficient (Wildman–Crippen LogP) is 3.65. The van der Waals surface area contributed by atoms with E-state index in [2.05, 4.69) is 25.2 Å². The standard InChI is InChI=1S/C21H21N3O2/c1-14(2)15-8-10-18(11-9-15)21(3)19(25)24(20(26)23-21)13-17-7-5-4-6-16(17)12-22/h4-11,14H,13H2,1-3H3,(H,23,26)/t21-/m1/s1. The van der Waals surface area contributed by atoms with Crippen LogP contribution in [0, 0.1) is 11.3 Å². The summed E-state index contributed by atoms with van der Waals surface area (Å²) in [5.74, 6) is 0.0808. The van der Waals surface area contributed by atoms with Crippen molar-refractivity contribution in [3.8, 4) is 6.07 Å². The van der Waals surface area contributed by atoms with Crippen LogP contribution in [0.15, 0.2) is 48.5 Å². The Balaban J connectivity index is 1.89. The number of hydrogen-bond donors (Lipinski definition) is 1. The Morgan fingerprint density at radius 1 is 1.12 bits per heavy atom. The van der Waals surface area contributed by atoms with Crippen LogP contribution in [0.3, 0.4) is 0 Å². The summed E-state index contributed by atoms with van der Waals surface area (Å²) in [7, 11) is 0. The molecule has 1 atom stereocenters. The molecule has 1 aliphatic rings. The highest BCUT2D eigenvalue weighted by atomic mass is 16.2. The minimum absolute atomic E-state index is 0.0774. The summed E-state index contributed by atoms with van der Waals surface area (Å²) < 4.78 is 0.